The highest BCUT2D eigenvalue weighted by molar-refractivity contribution is 6.33. The maximum Gasteiger partial charge on any atom is 0.416 e. The zero-order chi connectivity index (χ0) is 18.8. The molecule has 1 aliphatic carbocycles. The second-order valence-electron chi connectivity index (χ2n) is 7.32. The van der Waals surface area contributed by atoms with Gasteiger partial charge >= 0.3 is 12.1 Å². The lowest BCUT2D eigenvalue weighted by Gasteiger charge is -2.35. The van der Waals surface area contributed by atoms with Crippen molar-refractivity contribution in [2.45, 2.75) is 45.4 Å². The number of hydrogen-bond donors (Lipinski definition) is 1. The first kappa shape index (κ1) is 18.0. The van der Waals surface area contributed by atoms with Crippen LogP contribution in [0, 0.1) is 10.8 Å². The van der Waals surface area contributed by atoms with Crippen LogP contribution in [0.3, 0.4) is 0 Å². The second-order valence-corrected chi connectivity index (χ2v) is 7.73. The summed E-state index contributed by atoms with van der Waals surface area (Å²) in [7, 11) is 0. The minimum Gasteiger partial charge on any atom is -0.448 e. The maximum absolute atomic E-state index is 12.9. The largest absolute Gasteiger partial charge is 0.448 e. The lowest BCUT2D eigenvalue weighted by Crippen LogP contribution is -2.50. The number of benzene rings is 1. The molecular formula is C17H17ClF3NO3. The molecule has 2 unspecified atom stereocenters. The lowest BCUT2D eigenvalue weighted by atomic mass is 9.66. The summed E-state index contributed by atoms with van der Waals surface area (Å²) >= 11 is 5.93. The zero-order valence-electron chi connectivity index (χ0n) is 13.9. The number of ether oxygens (including phenoxy) is 1. The van der Waals surface area contributed by atoms with E-state index in [2.05, 4.69) is 5.32 Å². The summed E-state index contributed by atoms with van der Waals surface area (Å²) in [6.45, 7) is 5.27. The van der Waals surface area contributed by atoms with Gasteiger partial charge in [-0.15, -0.1) is 0 Å². The van der Waals surface area contributed by atoms with E-state index in [4.69, 9.17) is 16.3 Å². The monoisotopic (exact) mass is 375 g/mol. The first-order valence-electron chi connectivity index (χ1n) is 7.77. The van der Waals surface area contributed by atoms with Crippen LogP contribution in [0.25, 0.3) is 0 Å². The summed E-state index contributed by atoms with van der Waals surface area (Å²) in [5.41, 5.74) is -4.11. The molecule has 2 aliphatic rings. The number of esters is 1. The molecule has 1 saturated heterocycles. The van der Waals surface area contributed by atoms with Crippen LogP contribution in [0.2, 0.25) is 5.02 Å². The number of halogens is 4. The molecule has 1 amide bonds. The Hall–Kier alpha value is -1.76. The van der Waals surface area contributed by atoms with Gasteiger partial charge in [0, 0.05) is 5.41 Å². The number of fused-ring (bicyclic) bond motifs is 2. The Kier molecular flexibility index (Phi) is 3.70. The number of nitrogens with one attached hydrogen (secondary N) is 1. The van der Waals surface area contributed by atoms with Crippen molar-refractivity contribution in [1.29, 1.82) is 0 Å². The molecule has 136 valence electrons. The maximum atomic E-state index is 12.9. The average Bonchev–Trinajstić information content (AvgIpc) is 2.78. The van der Waals surface area contributed by atoms with Crippen molar-refractivity contribution in [2.24, 2.45) is 10.8 Å². The average molecular weight is 376 g/mol. The predicted molar refractivity (Wildman–Crippen MR) is 85.0 cm³/mol. The molecule has 1 aromatic carbocycles. The van der Waals surface area contributed by atoms with Crippen molar-refractivity contribution in [3.8, 4) is 0 Å². The van der Waals surface area contributed by atoms with Crippen LogP contribution in [0.1, 0.15) is 39.2 Å². The fourth-order valence-corrected chi connectivity index (χ4v) is 3.93. The van der Waals surface area contributed by atoms with E-state index >= 15 is 0 Å². The van der Waals surface area contributed by atoms with E-state index in [9.17, 15) is 22.8 Å². The SMILES string of the molecule is CC12CCC(C(=O)Nc3cc(C(F)(F)F)ccc3Cl)(OC1=O)C2(C)C. The van der Waals surface area contributed by atoms with Gasteiger partial charge < -0.3 is 10.1 Å². The van der Waals surface area contributed by atoms with Crippen LogP contribution in [0.4, 0.5) is 18.9 Å². The first-order valence-corrected chi connectivity index (χ1v) is 8.15. The van der Waals surface area contributed by atoms with Crippen molar-refractivity contribution in [2.75, 3.05) is 5.32 Å². The molecule has 1 aromatic rings. The third-order valence-electron chi connectivity index (χ3n) is 5.99. The molecule has 3 rings (SSSR count). The quantitative estimate of drug-likeness (QED) is 0.778. The van der Waals surface area contributed by atoms with Crippen LogP contribution in [-0.2, 0) is 20.5 Å². The smallest absolute Gasteiger partial charge is 0.416 e. The molecule has 2 bridgehead atoms. The normalized spacial score (nSPS) is 30.3. The summed E-state index contributed by atoms with van der Waals surface area (Å²) in [4.78, 5) is 25.1. The second kappa shape index (κ2) is 5.13. The van der Waals surface area contributed by atoms with Crippen molar-refractivity contribution in [3.05, 3.63) is 28.8 Å². The summed E-state index contributed by atoms with van der Waals surface area (Å²) in [6.07, 6.45) is -3.78. The Balaban J connectivity index is 1.95. The van der Waals surface area contributed by atoms with Gasteiger partial charge in [-0.05, 0) is 38.0 Å². The van der Waals surface area contributed by atoms with E-state index in [0.717, 1.165) is 18.2 Å². The van der Waals surface area contributed by atoms with E-state index in [-0.39, 0.29) is 10.7 Å². The van der Waals surface area contributed by atoms with E-state index < -0.39 is 40.0 Å². The topological polar surface area (TPSA) is 55.4 Å². The van der Waals surface area contributed by atoms with E-state index in [1.54, 1.807) is 20.8 Å². The molecule has 2 fully saturated rings. The fourth-order valence-electron chi connectivity index (χ4n) is 3.77. The van der Waals surface area contributed by atoms with Crippen LogP contribution in [-0.4, -0.2) is 17.5 Å². The van der Waals surface area contributed by atoms with Crippen LogP contribution < -0.4 is 5.32 Å². The number of carbonyl (C=O) groups excluding carboxylic acids is 2. The first-order chi connectivity index (χ1) is 11.3. The lowest BCUT2D eigenvalue weighted by molar-refractivity contribution is -0.165. The highest BCUT2D eigenvalue weighted by Gasteiger charge is 2.75. The standard InChI is InChI=1S/C17H17ClF3NO3/c1-14(2)15(3)6-7-16(14,25-13(15)24)12(23)22-11-8-9(17(19,20)21)4-5-10(11)18/h4-5,8H,6-7H2,1-3H3,(H,22,23). The summed E-state index contributed by atoms with van der Waals surface area (Å²) in [5, 5.41) is 2.40. The Morgan fingerprint density at radius 2 is 1.88 bits per heavy atom. The van der Waals surface area contributed by atoms with Gasteiger partial charge in [-0.2, -0.15) is 13.2 Å². The molecule has 0 spiro atoms. The third-order valence-corrected chi connectivity index (χ3v) is 6.32. The van der Waals surface area contributed by atoms with E-state index in [0.29, 0.717) is 12.8 Å². The van der Waals surface area contributed by atoms with Gasteiger partial charge in [0.05, 0.1) is 21.7 Å². The molecule has 1 aliphatic heterocycles. The van der Waals surface area contributed by atoms with E-state index in [1.807, 2.05) is 0 Å². The number of anilines is 1. The number of rotatable bonds is 2. The molecule has 2 atom stereocenters. The summed E-state index contributed by atoms with van der Waals surface area (Å²) in [6, 6.07) is 2.68. The van der Waals surface area contributed by atoms with E-state index in [1.165, 1.54) is 0 Å². The summed E-state index contributed by atoms with van der Waals surface area (Å²) in [5.74, 6) is -1.12. The fraction of sp³-hybridized carbons (Fsp3) is 0.529. The van der Waals surface area contributed by atoms with Gasteiger partial charge in [0.2, 0.25) is 0 Å². The Labute approximate surface area is 147 Å². The van der Waals surface area contributed by atoms with Gasteiger partial charge in [0.1, 0.15) is 0 Å². The van der Waals surface area contributed by atoms with Gasteiger partial charge in [-0.25, -0.2) is 0 Å². The van der Waals surface area contributed by atoms with Crippen LogP contribution >= 0.6 is 11.6 Å². The van der Waals surface area contributed by atoms with Crippen molar-refractivity contribution in [1.82, 2.24) is 0 Å². The van der Waals surface area contributed by atoms with Crippen LogP contribution in [0.15, 0.2) is 18.2 Å². The van der Waals surface area contributed by atoms with Gasteiger partial charge in [-0.1, -0.05) is 25.4 Å². The van der Waals surface area contributed by atoms with Crippen LogP contribution in [0.5, 0.6) is 0 Å². The number of hydrogen-bond acceptors (Lipinski definition) is 3. The van der Waals surface area contributed by atoms with Gasteiger partial charge in [0.15, 0.2) is 5.60 Å². The van der Waals surface area contributed by atoms with Gasteiger partial charge in [-0.3, -0.25) is 9.59 Å². The Morgan fingerprint density at radius 1 is 1.24 bits per heavy atom. The zero-order valence-corrected chi connectivity index (χ0v) is 14.6. The van der Waals surface area contributed by atoms with Crippen molar-refractivity contribution >= 4 is 29.2 Å². The predicted octanol–water partition coefficient (Wildman–Crippen LogP) is 4.42. The summed E-state index contributed by atoms with van der Waals surface area (Å²) < 4.78 is 44.1. The molecule has 25 heavy (non-hydrogen) atoms. The Morgan fingerprint density at radius 3 is 2.36 bits per heavy atom. The molecule has 1 N–H and O–H groups in total. The Bertz CT molecular complexity index is 777. The number of carbonyl (C=O) groups is 2. The molecule has 0 radical (unpaired) electrons. The molecule has 8 heteroatoms. The highest BCUT2D eigenvalue weighted by Crippen LogP contribution is 2.65. The molecule has 4 nitrogen and oxygen atoms in total. The highest BCUT2D eigenvalue weighted by atomic mass is 35.5. The minimum absolute atomic E-state index is 0.0272. The minimum atomic E-state index is -4.56. The molecular weight excluding hydrogens is 359 g/mol. The third kappa shape index (κ3) is 2.28. The molecule has 0 aromatic heterocycles. The molecule has 1 saturated carbocycles. The number of amides is 1. The van der Waals surface area contributed by atoms with Crippen molar-refractivity contribution < 1.29 is 27.5 Å². The number of alkyl halides is 3. The van der Waals surface area contributed by atoms with Crippen molar-refractivity contribution in [3.63, 3.8) is 0 Å². The molecule has 1 heterocycles. The van der Waals surface area contributed by atoms with Gasteiger partial charge in [0.25, 0.3) is 5.91 Å².